The lowest BCUT2D eigenvalue weighted by atomic mass is 10.2. The monoisotopic (exact) mass is 407 g/mol. The molecule has 0 aliphatic carbocycles. The molecule has 1 saturated heterocycles. The minimum absolute atomic E-state index is 0.200. The van der Waals surface area contributed by atoms with Crippen LogP contribution in [-0.4, -0.2) is 45.0 Å². The van der Waals surface area contributed by atoms with Gasteiger partial charge in [0.15, 0.2) is 6.61 Å². The molecule has 6 nitrogen and oxygen atoms in total. The molecule has 1 fully saturated rings. The van der Waals surface area contributed by atoms with Gasteiger partial charge >= 0.3 is 0 Å². The number of nitrogens with zero attached hydrogens (tertiary/aromatic N) is 2. The highest BCUT2D eigenvalue weighted by atomic mass is 35.5. The number of anilines is 1. The number of rotatable bonds is 6. The minimum atomic E-state index is -0.387. The maximum absolute atomic E-state index is 11.8. The van der Waals surface area contributed by atoms with Crippen molar-refractivity contribution in [1.82, 2.24) is 5.43 Å². The zero-order valence-corrected chi connectivity index (χ0v) is 16.0. The topological polar surface area (TPSA) is 63.2 Å². The number of hydrogen-bond acceptors (Lipinski definition) is 5. The van der Waals surface area contributed by atoms with E-state index >= 15 is 0 Å². The van der Waals surface area contributed by atoms with E-state index < -0.39 is 0 Å². The molecule has 0 spiro atoms. The average Bonchev–Trinajstić information content (AvgIpc) is 2.68. The van der Waals surface area contributed by atoms with E-state index in [2.05, 4.69) is 15.4 Å². The molecule has 3 rings (SSSR count). The minimum Gasteiger partial charge on any atom is -0.482 e. The smallest absolute Gasteiger partial charge is 0.277 e. The van der Waals surface area contributed by atoms with Crippen LogP contribution in [0.3, 0.4) is 0 Å². The Bertz CT molecular complexity index is 806. The first kappa shape index (κ1) is 19.5. The largest absolute Gasteiger partial charge is 0.482 e. The van der Waals surface area contributed by atoms with Gasteiger partial charge in [-0.25, -0.2) is 5.43 Å². The highest BCUT2D eigenvalue weighted by molar-refractivity contribution is 6.35. The summed E-state index contributed by atoms with van der Waals surface area (Å²) in [7, 11) is 0. The van der Waals surface area contributed by atoms with Gasteiger partial charge in [-0.2, -0.15) is 5.10 Å². The number of nitrogens with one attached hydrogen (secondary N) is 1. The van der Waals surface area contributed by atoms with Gasteiger partial charge < -0.3 is 14.4 Å². The van der Waals surface area contributed by atoms with Crippen molar-refractivity contribution in [3.63, 3.8) is 0 Å². The lowest BCUT2D eigenvalue weighted by Crippen LogP contribution is -2.36. The van der Waals surface area contributed by atoms with Crippen LogP contribution in [0.25, 0.3) is 0 Å². The predicted molar refractivity (Wildman–Crippen MR) is 107 cm³/mol. The van der Waals surface area contributed by atoms with Crippen molar-refractivity contribution in [3.8, 4) is 5.75 Å². The molecule has 1 N–H and O–H groups in total. The number of halogens is 2. The second-order valence-electron chi connectivity index (χ2n) is 5.85. The van der Waals surface area contributed by atoms with Crippen molar-refractivity contribution in [2.45, 2.75) is 0 Å². The molecule has 0 aromatic heterocycles. The van der Waals surface area contributed by atoms with Crippen molar-refractivity contribution in [3.05, 3.63) is 58.1 Å². The standard InChI is InChI=1S/C19H19Cl2N3O3/c20-15-3-6-18(17(21)11-15)27-13-19(25)23-22-12-14-1-4-16(5-2-14)24-7-9-26-10-8-24/h1-6,11-12H,7-10,13H2,(H,23,25)/b22-12+. The summed E-state index contributed by atoms with van der Waals surface area (Å²) in [6.45, 7) is 3.08. The van der Waals surface area contributed by atoms with Gasteiger partial charge in [-0.1, -0.05) is 35.3 Å². The van der Waals surface area contributed by atoms with Crippen molar-refractivity contribution >= 4 is 41.0 Å². The maximum Gasteiger partial charge on any atom is 0.277 e. The van der Waals surface area contributed by atoms with E-state index in [1.165, 1.54) is 0 Å². The van der Waals surface area contributed by atoms with Crippen LogP contribution in [0.2, 0.25) is 10.0 Å². The molecule has 0 saturated carbocycles. The van der Waals surface area contributed by atoms with Gasteiger partial charge in [0.05, 0.1) is 24.5 Å². The van der Waals surface area contributed by atoms with E-state index in [4.69, 9.17) is 32.7 Å². The van der Waals surface area contributed by atoms with Gasteiger partial charge in [-0.3, -0.25) is 4.79 Å². The molecule has 142 valence electrons. The molecule has 1 heterocycles. The normalized spacial score (nSPS) is 14.4. The third-order valence-electron chi connectivity index (χ3n) is 3.92. The summed E-state index contributed by atoms with van der Waals surface area (Å²) in [5.74, 6) is 0.00102. The Labute approximate surface area is 167 Å². The van der Waals surface area contributed by atoms with E-state index in [1.807, 2.05) is 24.3 Å². The molecule has 1 aliphatic heterocycles. The highest BCUT2D eigenvalue weighted by Gasteiger charge is 2.10. The summed E-state index contributed by atoms with van der Waals surface area (Å²) < 4.78 is 10.7. The van der Waals surface area contributed by atoms with Crippen LogP contribution in [0.15, 0.2) is 47.6 Å². The number of morpholine rings is 1. The van der Waals surface area contributed by atoms with E-state index in [-0.39, 0.29) is 12.5 Å². The Hall–Kier alpha value is -2.28. The predicted octanol–water partition coefficient (Wildman–Crippen LogP) is 3.36. The Morgan fingerprint density at radius 3 is 2.63 bits per heavy atom. The third-order valence-corrected chi connectivity index (χ3v) is 4.46. The summed E-state index contributed by atoms with van der Waals surface area (Å²) in [4.78, 5) is 14.1. The molecule has 27 heavy (non-hydrogen) atoms. The second kappa shape index (κ2) is 9.60. The molecule has 1 aliphatic rings. The quantitative estimate of drug-likeness (QED) is 0.588. The molecular formula is C19H19Cl2N3O3. The summed E-state index contributed by atoms with van der Waals surface area (Å²) in [5.41, 5.74) is 4.45. The van der Waals surface area contributed by atoms with Crippen molar-refractivity contribution < 1.29 is 14.3 Å². The number of benzene rings is 2. The average molecular weight is 408 g/mol. The fourth-order valence-electron chi connectivity index (χ4n) is 2.54. The SMILES string of the molecule is O=C(COc1ccc(Cl)cc1Cl)N/N=C/c1ccc(N2CCOCC2)cc1. The zero-order chi connectivity index (χ0) is 19.1. The number of ether oxygens (including phenoxy) is 2. The van der Waals surface area contributed by atoms with Gasteiger partial charge in [-0.15, -0.1) is 0 Å². The summed E-state index contributed by atoms with van der Waals surface area (Å²) in [6.07, 6.45) is 1.58. The first-order valence-electron chi connectivity index (χ1n) is 8.44. The van der Waals surface area contributed by atoms with Crippen LogP contribution in [0, 0.1) is 0 Å². The van der Waals surface area contributed by atoms with Gasteiger partial charge in [0.1, 0.15) is 5.75 Å². The maximum atomic E-state index is 11.8. The number of carbonyl (C=O) groups is 1. The Morgan fingerprint density at radius 2 is 1.93 bits per heavy atom. The van der Waals surface area contributed by atoms with E-state index in [9.17, 15) is 4.79 Å². The lowest BCUT2D eigenvalue weighted by molar-refractivity contribution is -0.123. The second-order valence-corrected chi connectivity index (χ2v) is 6.69. The summed E-state index contributed by atoms with van der Waals surface area (Å²) in [5, 5.41) is 4.79. The van der Waals surface area contributed by atoms with Crippen LogP contribution < -0.4 is 15.1 Å². The molecule has 2 aromatic rings. The Balaban J connectivity index is 1.46. The van der Waals surface area contributed by atoms with Gasteiger partial charge in [0.2, 0.25) is 0 Å². The number of hydrazone groups is 1. The van der Waals surface area contributed by atoms with Crippen molar-refractivity contribution in [2.75, 3.05) is 37.8 Å². The van der Waals surface area contributed by atoms with Gasteiger partial charge in [0, 0.05) is 23.8 Å². The van der Waals surface area contributed by atoms with Crippen LogP contribution in [-0.2, 0) is 9.53 Å². The molecule has 0 atom stereocenters. The first-order chi connectivity index (χ1) is 13.1. The first-order valence-corrected chi connectivity index (χ1v) is 9.20. The number of carbonyl (C=O) groups excluding carboxylic acids is 1. The van der Waals surface area contributed by atoms with Crippen LogP contribution in [0.4, 0.5) is 5.69 Å². The number of hydrogen-bond donors (Lipinski definition) is 1. The summed E-state index contributed by atoms with van der Waals surface area (Å²) in [6, 6.07) is 12.8. The fraction of sp³-hybridized carbons (Fsp3) is 0.263. The Kier molecular flexibility index (Phi) is 6.92. The Morgan fingerprint density at radius 1 is 1.19 bits per heavy atom. The zero-order valence-electron chi connectivity index (χ0n) is 14.5. The van der Waals surface area contributed by atoms with Crippen molar-refractivity contribution in [2.24, 2.45) is 5.10 Å². The molecule has 1 amide bonds. The van der Waals surface area contributed by atoms with Crippen LogP contribution >= 0.6 is 23.2 Å². The van der Waals surface area contributed by atoms with E-state index in [0.717, 1.165) is 37.6 Å². The van der Waals surface area contributed by atoms with Crippen LogP contribution in [0.5, 0.6) is 5.75 Å². The molecular weight excluding hydrogens is 389 g/mol. The third kappa shape index (κ3) is 5.85. The number of amides is 1. The van der Waals surface area contributed by atoms with Crippen molar-refractivity contribution in [1.29, 1.82) is 0 Å². The highest BCUT2D eigenvalue weighted by Crippen LogP contribution is 2.27. The van der Waals surface area contributed by atoms with Crippen LogP contribution in [0.1, 0.15) is 5.56 Å². The molecule has 0 bridgehead atoms. The molecule has 2 aromatic carbocycles. The molecule has 0 unspecified atom stereocenters. The van der Waals surface area contributed by atoms with E-state index in [1.54, 1.807) is 24.4 Å². The molecule has 8 heteroatoms. The van der Waals surface area contributed by atoms with Gasteiger partial charge in [-0.05, 0) is 35.9 Å². The van der Waals surface area contributed by atoms with E-state index in [0.29, 0.717) is 15.8 Å². The summed E-state index contributed by atoms with van der Waals surface area (Å²) >= 11 is 11.8. The molecule has 0 radical (unpaired) electrons. The van der Waals surface area contributed by atoms with Gasteiger partial charge in [0.25, 0.3) is 5.91 Å². The fourth-order valence-corrected chi connectivity index (χ4v) is 3.00. The lowest BCUT2D eigenvalue weighted by Gasteiger charge is -2.28.